The van der Waals surface area contributed by atoms with Crippen molar-refractivity contribution < 1.29 is 0 Å². The van der Waals surface area contributed by atoms with Gasteiger partial charge in [-0.05, 0) is 36.2 Å². The molecule has 122 valence electrons. The van der Waals surface area contributed by atoms with E-state index in [0.717, 1.165) is 17.5 Å². The molecule has 1 aliphatic rings. The van der Waals surface area contributed by atoms with E-state index in [4.69, 9.17) is 34.8 Å². The van der Waals surface area contributed by atoms with Crippen LogP contribution in [0.1, 0.15) is 29.6 Å². The minimum absolute atomic E-state index is 0.0660. The van der Waals surface area contributed by atoms with Gasteiger partial charge in [0.15, 0.2) is 0 Å². The SMILES string of the molecule is Clc1ccc([C@H]2C[C@H](c3c(Cl)cccc3Cl)n3ncnc3N2)cc1. The molecule has 1 N–H and O–H groups in total. The van der Waals surface area contributed by atoms with Crippen LogP contribution in [0.4, 0.5) is 5.95 Å². The van der Waals surface area contributed by atoms with Gasteiger partial charge in [-0.3, -0.25) is 0 Å². The van der Waals surface area contributed by atoms with Crippen LogP contribution in [0.3, 0.4) is 0 Å². The van der Waals surface area contributed by atoms with Crippen LogP contribution >= 0.6 is 34.8 Å². The number of anilines is 1. The second-order valence-electron chi connectivity index (χ2n) is 5.66. The maximum atomic E-state index is 6.43. The number of aromatic nitrogens is 3. The first-order valence-corrected chi connectivity index (χ1v) is 8.62. The van der Waals surface area contributed by atoms with Gasteiger partial charge in [0.25, 0.3) is 0 Å². The molecule has 0 bridgehead atoms. The van der Waals surface area contributed by atoms with Crippen molar-refractivity contribution in [3.8, 4) is 0 Å². The Balaban J connectivity index is 1.78. The number of halogens is 3. The molecule has 0 unspecified atom stereocenters. The molecule has 0 saturated carbocycles. The minimum Gasteiger partial charge on any atom is -0.348 e. The maximum absolute atomic E-state index is 6.43. The van der Waals surface area contributed by atoms with Gasteiger partial charge >= 0.3 is 0 Å². The van der Waals surface area contributed by atoms with E-state index >= 15 is 0 Å². The van der Waals surface area contributed by atoms with Gasteiger partial charge in [-0.2, -0.15) is 10.1 Å². The Morgan fingerprint density at radius 2 is 1.71 bits per heavy atom. The summed E-state index contributed by atoms with van der Waals surface area (Å²) in [6, 6.07) is 13.3. The Morgan fingerprint density at radius 3 is 2.42 bits per heavy atom. The number of nitrogens with zero attached hydrogens (tertiary/aromatic N) is 3. The number of hydrogen-bond donors (Lipinski definition) is 1. The lowest BCUT2D eigenvalue weighted by atomic mass is 9.93. The third kappa shape index (κ3) is 2.75. The molecule has 24 heavy (non-hydrogen) atoms. The molecular formula is C17H13Cl3N4. The smallest absolute Gasteiger partial charge is 0.222 e. The molecule has 3 aromatic rings. The van der Waals surface area contributed by atoms with E-state index in [1.54, 1.807) is 0 Å². The topological polar surface area (TPSA) is 42.7 Å². The molecule has 2 aromatic carbocycles. The van der Waals surface area contributed by atoms with E-state index in [1.807, 2.05) is 47.1 Å². The zero-order valence-electron chi connectivity index (χ0n) is 12.5. The summed E-state index contributed by atoms with van der Waals surface area (Å²) in [6.45, 7) is 0. The summed E-state index contributed by atoms with van der Waals surface area (Å²) < 4.78 is 1.83. The lowest BCUT2D eigenvalue weighted by Gasteiger charge is -2.32. The second kappa shape index (κ2) is 6.28. The van der Waals surface area contributed by atoms with Crippen molar-refractivity contribution in [1.82, 2.24) is 14.8 Å². The van der Waals surface area contributed by atoms with Crippen LogP contribution in [0.25, 0.3) is 0 Å². The lowest BCUT2D eigenvalue weighted by Crippen LogP contribution is -2.28. The van der Waals surface area contributed by atoms with Gasteiger partial charge in [-0.25, -0.2) is 4.68 Å². The van der Waals surface area contributed by atoms with Gasteiger partial charge in [-0.15, -0.1) is 0 Å². The van der Waals surface area contributed by atoms with Crippen LogP contribution in [-0.4, -0.2) is 14.8 Å². The molecule has 1 aromatic heterocycles. The number of hydrogen-bond acceptors (Lipinski definition) is 3. The number of nitrogens with one attached hydrogen (secondary N) is 1. The summed E-state index contributed by atoms with van der Waals surface area (Å²) in [5.74, 6) is 0.696. The third-order valence-corrected chi connectivity index (χ3v) is 5.15. The fourth-order valence-corrected chi connectivity index (χ4v) is 3.88. The highest BCUT2D eigenvalue weighted by atomic mass is 35.5. The van der Waals surface area contributed by atoms with Gasteiger partial charge in [0.1, 0.15) is 6.33 Å². The Kier molecular flexibility index (Phi) is 4.12. The number of rotatable bonds is 2. The van der Waals surface area contributed by atoms with Crippen LogP contribution in [0.5, 0.6) is 0 Å². The summed E-state index contributed by atoms with van der Waals surface area (Å²) in [5, 5.41) is 9.73. The fraction of sp³-hybridized carbons (Fsp3) is 0.176. The largest absolute Gasteiger partial charge is 0.348 e. The molecule has 0 radical (unpaired) electrons. The quantitative estimate of drug-likeness (QED) is 0.649. The van der Waals surface area contributed by atoms with Crippen molar-refractivity contribution in [1.29, 1.82) is 0 Å². The summed E-state index contributed by atoms with van der Waals surface area (Å²) in [6.07, 6.45) is 2.28. The summed E-state index contributed by atoms with van der Waals surface area (Å²) >= 11 is 18.9. The minimum atomic E-state index is -0.0920. The van der Waals surface area contributed by atoms with Crippen molar-refractivity contribution >= 4 is 40.8 Å². The summed E-state index contributed by atoms with van der Waals surface area (Å²) in [4.78, 5) is 4.31. The van der Waals surface area contributed by atoms with E-state index in [9.17, 15) is 0 Å². The van der Waals surface area contributed by atoms with Crippen LogP contribution in [-0.2, 0) is 0 Å². The molecule has 7 heteroatoms. The van der Waals surface area contributed by atoms with Crippen molar-refractivity contribution in [3.05, 3.63) is 75.0 Å². The van der Waals surface area contributed by atoms with Gasteiger partial charge in [-0.1, -0.05) is 53.0 Å². The molecule has 4 nitrogen and oxygen atoms in total. The molecule has 0 aliphatic carbocycles. The number of fused-ring (bicyclic) bond motifs is 1. The van der Waals surface area contributed by atoms with Crippen molar-refractivity contribution in [2.24, 2.45) is 0 Å². The van der Waals surface area contributed by atoms with E-state index < -0.39 is 0 Å². The molecule has 2 atom stereocenters. The van der Waals surface area contributed by atoms with Crippen molar-refractivity contribution in [2.75, 3.05) is 5.32 Å². The Labute approximate surface area is 154 Å². The molecule has 0 spiro atoms. The Morgan fingerprint density at radius 1 is 1.00 bits per heavy atom. The second-order valence-corrected chi connectivity index (χ2v) is 6.91. The average molecular weight is 380 g/mol. The maximum Gasteiger partial charge on any atom is 0.222 e. The van der Waals surface area contributed by atoms with E-state index in [0.29, 0.717) is 21.0 Å². The van der Waals surface area contributed by atoms with Crippen LogP contribution < -0.4 is 5.32 Å². The van der Waals surface area contributed by atoms with Crippen LogP contribution in [0.2, 0.25) is 15.1 Å². The Bertz CT molecular complexity index is 856. The highest BCUT2D eigenvalue weighted by Crippen LogP contribution is 2.42. The number of benzene rings is 2. The highest BCUT2D eigenvalue weighted by Gasteiger charge is 2.32. The molecular weight excluding hydrogens is 367 g/mol. The van der Waals surface area contributed by atoms with Crippen molar-refractivity contribution in [2.45, 2.75) is 18.5 Å². The predicted molar refractivity (Wildman–Crippen MR) is 97.1 cm³/mol. The Hall–Kier alpha value is -1.75. The van der Waals surface area contributed by atoms with Gasteiger partial charge in [0, 0.05) is 20.6 Å². The zero-order valence-corrected chi connectivity index (χ0v) is 14.7. The molecule has 0 saturated heterocycles. The molecule has 2 heterocycles. The van der Waals surface area contributed by atoms with Gasteiger partial charge in [0.05, 0.1) is 12.1 Å². The molecule has 0 amide bonds. The van der Waals surface area contributed by atoms with Crippen LogP contribution in [0.15, 0.2) is 48.8 Å². The van der Waals surface area contributed by atoms with Gasteiger partial charge < -0.3 is 5.32 Å². The first kappa shape index (κ1) is 15.8. The zero-order chi connectivity index (χ0) is 16.7. The van der Waals surface area contributed by atoms with Crippen LogP contribution in [0, 0.1) is 0 Å². The third-order valence-electron chi connectivity index (χ3n) is 4.24. The van der Waals surface area contributed by atoms with E-state index in [-0.39, 0.29) is 12.1 Å². The predicted octanol–water partition coefficient (Wildman–Crippen LogP) is 5.38. The average Bonchev–Trinajstić information content (AvgIpc) is 3.04. The standard InChI is InChI=1S/C17H13Cl3N4/c18-11-6-4-10(5-7-11)14-8-15(24-17(23-14)21-9-22-24)16-12(19)2-1-3-13(16)20/h1-7,9,14-15H,8H2,(H,21,22,23)/t14-,15-/m1/s1. The lowest BCUT2D eigenvalue weighted by molar-refractivity contribution is 0.431. The van der Waals surface area contributed by atoms with Gasteiger partial charge in [0.2, 0.25) is 5.95 Å². The summed E-state index contributed by atoms with van der Waals surface area (Å²) in [7, 11) is 0. The van der Waals surface area contributed by atoms with E-state index in [1.165, 1.54) is 6.33 Å². The van der Waals surface area contributed by atoms with E-state index in [2.05, 4.69) is 15.4 Å². The van der Waals surface area contributed by atoms with Crippen molar-refractivity contribution in [3.63, 3.8) is 0 Å². The monoisotopic (exact) mass is 378 g/mol. The highest BCUT2D eigenvalue weighted by molar-refractivity contribution is 6.36. The first-order chi connectivity index (χ1) is 11.6. The molecule has 0 fully saturated rings. The fourth-order valence-electron chi connectivity index (χ4n) is 3.10. The molecule has 4 rings (SSSR count). The molecule has 1 aliphatic heterocycles. The first-order valence-electron chi connectivity index (χ1n) is 7.49. The normalized spacial score (nSPS) is 19.6. The summed E-state index contributed by atoms with van der Waals surface area (Å²) in [5.41, 5.74) is 2.00.